The quantitative estimate of drug-likeness (QED) is 0.134. The number of benzene rings is 8. The van der Waals surface area contributed by atoms with Gasteiger partial charge in [0.2, 0.25) is 5.82 Å². The Morgan fingerprint density at radius 3 is 1.91 bits per heavy atom. The summed E-state index contributed by atoms with van der Waals surface area (Å²) >= 11 is 0. The van der Waals surface area contributed by atoms with E-state index in [9.17, 15) is 0 Å². The van der Waals surface area contributed by atoms with Crippen molar-refractivity contribution in [3.05, 3.63) is 158 Å². The first-order valence-electron chi connectivity index (χ1n) is 18.7. The zero-order valence-corrected chi connectivity index (χ0v) is 29.6. The summed E-state index contributed by atoms with van der Waals surface area (Å²) in [5.41, 5.74) is 7.38. The van der Waals surface area contributed by atoms with E-state index in [-0.39, 0.29) is 0 Å². The van der Waals surface area contributed by atoms with Crippen LogP contribution in [0.4, 0.5) is 0 Å². The molecule has 7 nitrogen and oxygen atoms in total. The highest BCUT2D eigenvalue weighted by molar-refractivity contribution is 6.32. The zero-order chi connectivity index (χ0) is 36.5. The minimum atomic E-state index is 0.390. The number of rotatable bonds is 3. The highest BCUT2D eigenvalue weighted by atomic mass is 16.3. The standard InChI is InChI=1S/C49H26N6O/c1-2-11-27(12-3-1)46-52-47(54-49(53-46)48-50-26-42-44(51-48)34-17-8-9-20-41(34)56-42)31-23-37-35-21-28-13-4-5-14-29(28)25-40(35)55-39-19-10-18-33-32-16-7-6-15-30(32)22-36(43(33)39)38(24-31)45(37)55/h1-26H. The van der Waals surface area contributed by atoms with Crippen molar-refractivity contribution in [3.63, 3.8) is 0 Å². The van der Waals surface area contributed by atoms with E-state index in [1.807, 2.05) is 54.6 Å². The van der Waals surface area contributed by atoms with Crippen molar-refractivity contribution in [1.29, 1.82) is 0 Å². The molecule has 13 aromatic rings. The number of para-hydroxylation sites is 1. The predicted octanol–water partition coefficient (Wildman–Crippen LogP) is 12.2. The second-order valence-electron chi connectivity index (χ2n) is 14.5. The minimum Gasteiger partial charge on any atom is -0.453 e. The van der Waals surface area contributed by atoms with Crippen molar-refractivity contribution < 1.29 is 4.42 Å². The van der Waals surface area contributed by atoms with E-state index < -0.39 is 0 Å². The molecule has 5 aromatic heterocycles. The molecule has 5 heterocycles. The highest BCUT2D eigenvalue weighted by Crippen LogP contribution is 2.45. The summed E-state index contributed by atoms with van der Waals surface area (Å²) in [6, 6.07) is 53.4. The van der Waals surface area contributed by atoms with Gasteiger partial charge in [0.1, 0.15) is 11.1 Å². The van der Waals surface area contributed by atoms with Gasteiger partial charge in [-0.1, -0.05) is 103 Å². The number of nitrogens with zero attached hydrogens (tertiary/aromatic N) is 6. The molecule has 13 rings (SSSR count). The monoisotopic (exact) mass is 714 g/mol. The third-order valence-electron chi connectivity index (χ3n) is 11.4. The van der Waals surface area contributed by atoms with Crippen molar-refractivity contribution in [2.75, 3.05) is 0 Å². The molecule has 8 aromatic carbocycles. The molecule has 0 fully saturated rings. The van der Waals surface area contributed by atoms with Gasteiger partial charge < -0.3 is 8.82 Å². The van der Waals surface area contributed by atoms with E-state index in [0.717, 1.165) is 38.4 Å². The van der Waals surface area contributed by atoms with Gasteiger partial charge >= 0.3 is 0 Å². The second-order valence-corrected chi connectivity index (χ2v) is 14.5. The molecule has 0 aliphatic heterocycles. The zero-order valence-electron chi connectivity index (χ0n) is 29.6. The van der Waals surface area contributed by atoms with Crippen molar-refractivity contribution >= 4 is 92.5 Å². The summed E-state index contributed by atoms with van der Waals surface area (Å²) in [6.45, 7) is 0. The molecule has 0 saturated heterocycles. The van der Waals surface area contributed by atoms with Crippen molar-refractivity contribution in [1.82, 2.24) is 29.3 Å². The number of aromatic nitrogens is 6. The molecule has 0 spiro atoms. The van der Waals surface area contributed by atoms with Gasteiger partial charge in [0.25, 0.3) is 0 Å². The van der Waals surface area contributed by atoms with Crippen LogP contribution in [0.1, 0.15) is 0 Å². The van der Waals surface area contributed by atoms with Gasteiger partial charge in [-0.05, 0) is 80.8 Å². The van der Waals surface area contributed by atoms with Crippen molar-refractivity contribution in [2.24, 2.45) is 0 Å². The number of fused-ring (bicyclic) bond motifs is 11. The van der Waals surface area contributed by atoms with E-state index in [1.54, 1.807) is 6.20 Å². The fourth-order valence-corrected chi connectivity index (χ4v) is 8.89. The smallest absolute Gasteiger partial charge is 0.201 e. The van der Waals surface area contributed by atoms with Crippen LogP contribution in [0.15, 0.2) is 162 Å². The molecular weight excluding hydrogens is 689 g/mol. The Balaban J connectivity index is 1.16. The van der Waals surface area contributed by atoms with Gasteiger partial charge in [0.05, 0.1) is 22.7 Å². The fourth-order valence-electron chi connectivity index (χ4n) is 8.89. The number of hydrogen-bond acceptors (Lipinski definition) is 6. The maximum atomic E-state index is 6.06. The summed E-state index contributed by atoms with van der Waals surface area (Å²) in [7, 11) is 0. The molecule has 0 bridgehead atoms. The molecule has 0 atom stereocenters. The molecule has 0 unspecified atom stereocenters. The van der Waals surface area contributed by atoms with Crippen LogP contribution in [-0.4, -0.2) is 29.3 Å². The Hall–Kier alpha value is -7.77. The van der Waals surface area contributed by atoms with Crippen LogP contribution in [0, 0.1) is 0 Å². The van der Waals surface area contributed by atoms with Gasteiger partial charge in [-0.25, -0.2) is 24.9 Å². The van der Waals surface area contributed by atoms with Gasteiger partial charge in [0.15, 0.2) is 23.1 Å². The summed E-state index contributed by atoms with van der Waals surface area (Å²) < 4.78 is 8.53. The summed E-state index contributed by atoms with van der Waals surface area (Å²) in [4.78, 5) is 25.0. The molecule has 0 saturated carbocycles. The Labute approximate surface area is 317 Å². The number of furan rings is 1. The lowest BCUT2D eigenvalue weighted by molar-refractivity contribution is 0.666. The molecule has 258 valence electrons. The Bertz CT molecular complexity index is 3770. The van der Waals surface area contributed by atoms with Crippen LogP contribution in [-0.2, 0) is 0 Å². The van der Waals surface area contributed by atoms with Gasteiger partial charge in [-0.3, -0.25) is 0 Å². The molecule has 0 aliphatic rings. The molecule has 7 heteroatoms. The second kappa shape index (κ2) is 10.9. The average Bonchev–Trinajstić information content (AvgIpc) is 3.79. The highest BCUT2D eigenvalue weighted by Gasteiger charge is 2.23. The number of hydrogen-bond donors (Lipinski definition) is 0. The van der Waals surface area contributed by atoms with Crippen LogP contribution < -0.4 is 0 Å². The summed E-state index contributed by atoms with van der Waals surface area (Å²) in [5.74, 6) is 1.89. The average molecular weight is 715 g/mol. The minimum absolute atomic E-state index is 0.390. The molecule has 0 N–H and O–H groups in total. The Morgan fingerprint density at radius 1 is 0.393 bits per heavy atom. The maximum Gasteiger partial charge on any atom is 0.201 e. The SMILES string of the molecule is c1ccc(-c2nc(-c3cc4c5cc6ccccc6c6cccc(c65)n5c6cc7ccccc7cc6c(c3)c45)nc(-c3ncc4oc5ccccc5c4n3)n2)cc1. The van der Waals surface area contributed by atoms with Crippen molar-refractivity contribution in [2.45, 2.75) is 0 Å². The normalized spacial score (nSPS) is 12.3. The Kier molecular flexibility index (Phi) is 5.77. The maximum absolute atomic E-state index is 6.06. The summed E-state index contributed by atoms with van der Waals surface area (Å²) in [6.07, 6.45) is 1.71. The van der Waals surface area contributed by atoms with Crippen LogP contribution >= 0.6 is 0 Å². The van der Waals surface area contributed by atoms with Gasteiger partial charge in [-0.15, -0.1) is 0 Å². The Morgan fingerprint density at radius 2 is 1.05 bits per heavy atom. The topological polar surface area (TPSA) is 82.0 Å². The first-order chi connectivity index (χ1) is 27.7. The van der Waals surface area contributed by atoms with E-state index in [4.69, 9.17) is 29.3 Å². The lowest BCUT2D eigenvalue weighted by Gasteiger charge is -2.16. The predicted molar refractivity (Wildman–Crippen MR) is 226 cm³/mol. The molecule has 56 heavy (non-hydrogen) atoms. The van der Waals surface area contributed by atoms with Gasteiger partial charge in [0, 0.05) is 38.1 Å². The lowest BCUT2D eigenvalue weighted by atomic mass is 9.93. The van der Waals surface area contributed by atoms with E-state index in [2.05, 4.69) is 101 Å². The first kappa shape index (κ1) is 29.7. The third-order valence-corrected chi connectivity index (χ3v) is 11.4. The molecule has 0 amide bonds. The van der Waals surface area contributed by atoms with Crippen LogP contribution in [0.3, 0.4) is 0 Å². The lowest BCUT2D eigenvalue weighted by Crippen LogP contribution is -2.02. The van der Waals surface area contributed by atoms with Crippen LogP contribution in [0.5, 0.6) is 0 Å². The third kappa shape index (κ3) is 4.08. The fraction of sp³-hybridized carbons (Fsp3) is 0. The van der Waals surface area contributed by atoms with Crippen LogP contribution in [0.25, 0.3) is 127 Å². The molecular formula is C49H26N6O. The first-order valence-corrected chi connectivity index (χ1v) is 18.7. The largest absolute Gasteiger partial charge is 0.453 e. The summed E-state index contributed by atoms with van der Waals surface area (Å²) in [5, 5.41) is 12.9. The van der Waals surface area contributed by atoms with Crippen molar-refractivity contribution in [3.8, 4) is 34.4 Å². The van der Waals surface area contributed by atoms with Gasteiger partial charge in [-0.2, -0.15) is 0 Å². The van der Waals surface area contributed by atoms with E-state index in [0.29, 0.717) is 28.9 Å². The van der Waals surface area contributed by atoms with E-state index in [1.165, 1.54) is 59.6 Å². The molecule has 0 aliphatic carbocycles. The molecule has 0 radical (unpaired) electrons. The van der Waals surface area contributed by atoms with E-state index >= 15 is 0 Å². The number of pyridine rings is 1. The van der Waals surface area contributed by atoms with Crippen LogP contribution in [0.2, 0.25) is 0 Å².